The van der Waals surface area contributed by atoms with Gasteiger partial charge >= 0.3 is 0 Å². The van der Waals surface area contributed by atoms with E-state index in [1.165, 1.54) is 16.8 Å². The van der Waals surface area contributed by atoms with Gasteiger partial charge in [0.05, 0.1) is 0 Å². The van der Waals surface area contributed by atoms with Gasteiger partial charge in [-0.15, -0.1) is 10.2 Å². The van der Waals surface area contributed by atoms with Crippen molar-refractivity contribution in [1.29, 1.82) is 0 Å². The molecule has 2 heterocycles. The number of benzene rings is 1. The van der Waals surface area contributed by atoms with Crippen molar-refractivity contribution in [2.75, 3.05) is 23.4 Å². The minimum atomic E-state index is -0.296. The summed E-state index contributed by atoms with van der Waals surface area (Å²) < 4.78 is 5.40. The van der Waals surface area contributed by atoms with Crippen LogP contribution in [0.4, 0.5) is 10.8 Å². The molecule has 8 heteroatoms. The number of anilines is 2. The fourth-order valence-corrected chi connectivity index (χ4v) is 2.64. The molecule has 7 nitrogen and oxygen atoms in total. The number of amides is 2. The van der Waals surface area contributed by atoms with E-state index in [1.54, 1.807) is 17.0 Å². The molecule has 1 fully saturated rings. The Labute approximate surface area is 130 Å². The summed E-state index contributed by atoms with van der Waals surface area (Å²) in [5.41, 5.74) is 2.39. The summed E-state index contributed by atoms with van der Waals surface area (Å²) in [6.45, 7) is 0.644. The van der Waals surface area contributed by atoms with Crippen LogP contribution in [-0.4, -0.2) is 35.2 Å². The Bertz CT molecular complexity index is 657. The van der Waals surface area contributed by atoms with Gasteiger partial charge in [-0.1, -0.05) is 11.3 Å². The van der Waals surface area contributed by atoms with Crippen molar-refractivity contribution in [3.8, 4) is 5.75 Å². The van der Waals surface area contributed by atoms with E-state index < -0.39 is 0 Å². The second-order valence-corrected chi connectivity index (χ2v) is 5.56. The van der Waals surface area contributed by atoms with Crippen LogP contribution in [0.3, 0.4) is 0 Å². The molecule has 0 aliphatic carbocycles. The largest absolute Gasteiger partial charge is 0.484 e. The second kappa shape index (κ2) is 6.52. The van der Waals surface area contributed by atoms with Crippen LogP contribution in [0.2, 0.25) is 0 Å². The molecule has 114 valence electrons. The zero-order chi connectivity index (χ0) is 15.4. The number of aromatic nitrogens is 2. The third-order valence-electron chi connectivity index (χ3n) is 3.20. The SMILES string of the molecule is O=C(COc1ccc(N2CCCC2=O)cc1)Nc1nncs1. The Hall–Kier alpha value is -2.48. The molecule has 0 saturated carbocycles. The van der Waals surface area contributed by atoms with Gasteiger partial charge in [0.1, 0.15) is 11.3 Å². The first-order chi connectivity index (χ1) is 10.7. The maximum absolute atomic E-state index is 11.7. The summed E-state index contributed by atoms with van der Waals surface area (Å²) >= 11 is 1.24. The summed E-state index contributed by atoms with van der Waals surface area (Å²) in [6, 6.07) is 7.14. The minimum Gasteiger partial charge on any atom is -0.484 e. The maximum Gasteiger partial charge on any atom is 0.264 e. The van der Waals surface area contributed by atoms with Gasteiger partial charge in [0.25, 0.3) is 5.91 Å². The molecule has 1 aliphatic heterocycles. The van der Waals surface area contributed by atoms with Gasteiger partial charge in [0.15, 0.2) is 6.61 Å². The number of nitrogens with zero attached hydrogens (tertiary/aromatic N) is 3. The Kier molecular flexibility index (Phi) is 4.29. The molecule has 2 aromatic rings. The quantitative estimate of drug-likeness (QED) is 0.906. The summed E-state index contributed by atoms with van der Waals surface area (Å²) in [5, 5.41) is 10.4. The first kappa shape index (κ1) is 14.5. The highest BCUT2D eigenvalue weighted by Gasteiger charge is 2.21. The van der Waals surface area contributed by atoms with Gasteiger partial charge in [0, 0.05) is 18.7 Å². The van der Waals surface area contributed by atoms with E-state index in [9.17, 15) is 9.59 Å². The number of rotatable bonds is 5. The van der Waals surface area contributed by atoms with Crippen LogP contribution in [0.1, 0.15) is 12.8 Å². The molecule has 1 aromatic heterocycles. The number of hydrogen-bond donors (Lipinski definition) is 1. The Morgan fingerprint density at radius 3 is 2.82 bits per heavy atom. The summed E-state index contributed by atoms with van der Waals surface area (Å²) in [4.78, 5) is 25.1. The third-order valence-corrected chi connectivity index (χ3v) is 3.80. The zero-order valence-corrected chi connectivity index (χ0v) is 12.5. The van der Waals surface area contributed by atoms with E-state index in [0.29, 0.717) is 17.3 Å². The Morgan fingerprint density at radius 1 is 1.36 bits per heavy atom. The molecular weight excluding hydrogens is 304 g/mol. The Morgan fingerprint density at radius 2 is 2.18 bits per heavy atom. The zero-order valence-electron chi connectivity index (χ0n) is 11.7. The smallest absolute Gasteiger partial charge is 0.264 e. The van der Waals surface area contributed by atoms with Crippen LogP contribution < -0.4 is 15.0 Å². The lowest BCUT2D eigenvalue weighted by atomic mass is 10.3. The third kappa shape index (κ3) is 3.40. The second-order valence-electron chi connectivity index (χ2n) is 4.72. The van der Waals surface area contributed by atoms with E-state index in [2.05, 4.69) is 15.5 Å². The molecule has 0 atom stereocenters. The van der Waals surface area contributed by atoms with Crippen molar-refractivity contribution >= 4 is 34.0 Å². The molecule has 22 heavy (non-hydrogen) atoms. The highest BCUT2D eigenvalue weighted by Crippen LogP contribution is 2.23. The average Bonchev–Trinajstić information content (AvgIpc) is 3.17. The monoisotopic (exact) mass is 318 g/mol. The number of carbonyl (C=O) groups is 2. The minimum absolute atomic E-state index is 0.110. The van der Waals surface area contributed by atoms with E-state index in [4.69, 9.17) is 4.74 Å². The molecule has 0 radical (unpaired) electrons. The highest BCUT2D eigenvalue weighted by molar-refractivity contribution is 7.13. The van der Waals surface area contributed by atoms with Crippen LogP contribution in [0, 0.1) is 0 Å². The molecule has 3 rings (SSSR count). The summed E-state index contributed by atoms with van der Waals surface area (Å²) in [7, 11) is 0. The van der Waals surface area contributed by atoms with Gasteiger partial charge in [-0.3, -0.25) is 14.9 Å². The normalized spacial score (nSPS) is 14.2. The molecule has 1 aromatic carbocycles. The van der Waals surface area contributed by atoms with Crippen molar-refractivity contribution in [1.82, 2.24) is 10.2 Å². The highest BCUT2D eigenvalue weighted by atomic mass is 32.1. The van der Waals surface area contributed by atoms with Gasteiger partial charge in [-0.05, 0) is 30.7 Å². The van der Waals surface area contributed by atoms with Gasteiger partial charge in [-0.2, -0.15) is 0 Å². The van der Waals surface area contributed by atoms with Crippen molar-refractivity contribution in [3.05, 3.63) is 29.8 Å². The number of ether oxygens (including phenoxy) is 1. The lowest BCUT2D eigenvalue weighted by Gasteiger charge is -2.16. The first-order valence-corrected chi connectivity index (χ1v) is 7.69. The van der Waals surface area contributed by atoms with Crippen LogP contribution in [0.25, 0.3) is 0 Å². The van der Waals surface area contributed by atoms with Crippen LogP contribution in [-0.2, 0) is 9.59 Å². The fourth-order valence-electron chi connectivity index (χ4n) is 2.18. The van der Waals surface area contributed by atoms with E-state index in [-0.39, 0.29) is 18.4 Å². The van der Waals surface area contributed by atoms with Crippen LogP contribution in [0.15, 0.2) is 29.8 Å². The maximum atomic E-state index is 11.7. The van der Waals surface area contributed by atoms with Gasteiger partial charge < -0.3 is 9.64 Å². The summed E-state index contributed by atoms with van der Waals surface area (Å²) in [5.74, 6) is 0.420. The predicted molar refractivity (Wildman–Crippen MR) is 82.1 cm³/mol. The number of carbonyl (C=O) groups excluding carboxylic acids is 2. The molecule has 0 spiro atoms. The van der Waals surface area contributed by atoms with Crippen LogP contribution in [0.5, 0.6) is 5.75 Å². The van der Waals surface area contributed by atoms with Crippen LogP contribution >= 0.6 is 11.3 Å². The first-order valence-electron chi connectivity index (χ1n) is 6.81. The fraction of sp³-hybridized carbons (Fsp3) is 0.286. The average molecular weight is 318 g/mol. The predicted octanol–water partition coefficient (Wildman–Crippen LogP) is 1.68. The molecule has 2 amide bonds. The van der Waals surface area contributed by atoms with E-state index >= 15 is 0 Å². The number of nitrogens with one attached hydrogen (secondary N) is 1. The van der Waals surface area contributed by atoms with Crippen molar-refractivity contribution in [2.45, 2.75) is 12.8 Å². The lowest BCUT2D eigenvalue weighted by molar-refractivity contribution is -0.118. The standard InChI is InChI=1S/C14H14N4O3S/c19-12(16-14-17-15-9-22-14)8-21-11-5-3-10(4-6-11)18-7-1-2-13(18)20/h3-6,9H,1-2,7-8H2,(H,16,17,19). The van der Waals surface area contributed by atoms with Crippen molar-refractivity contribution in [2.24, 2.45) is 0 Å². The van der Waals surface area contributed by atoms with Gasteiger partial charge in [0.2, 0.25) is 11.0 Å². The number of hydrogen-bond acceptors (Lipinski definition) is 6. The molecule has 1 aliphatic rings. The van der Waals surface area contributed by atoms with Gasteiger partial charge in [-0.25, -0.2) is 0 Å². The van der Waals surface area contributed by atoms with E-state index in [1.807, 2.05) is 12.1 Å². The van der Waals surface area contributed by atoms with Crippen molar-refractivity contribution in [3.63, 3.8) is 0 Å². The molecule has 1 N–H and O–H groups in total. The topological polar surface area (TPSA) is 84.4 Å². The van der Waals surface area contributed by atoms with E-state index in [0.717, 1.165) is 18.7 Å². The molecule has 0 bridgehead atoms. The molecule has 0 unspecified atom stereocenters. The summed E-state index contributed by atoms with van der Waals surface area (Å²) in [6.07, 6.45) is 1.49. The lowest BCUT2D eigenvalue weighted by Crippen LogP contribution is -2.23. The Balaban J connectivity index is 1.52. The molecular formula is C14H14N4O3S. The molecule has 1 saturated heterocycles. The van der Waals surface area contributed by atoms with Crippen molar-refractivity contribution < 1.29 is 14.3 Å².